The van der Waals surface area contributed by atoms with Gasteiger partial charge in [-0.25, -0.2) is 9.78 Å². The quantitative estimate of drug-likeness (QED) is 0.566. The van der Waals surface area contributed by atoms with E-state index in [0.717, 1.165) is 27.8 Å². The van der Waals surface area contributed by atoms with Gasteiger partial charge in [-0.2, -0.15) is 0 Å². The Morgan fingerprint density at radius 1 is 0.963 bits per heavy atom. The Labute approximate surface area is 157 Å². The number of nitrogens with zero attached hydrogens (tertiary/aromatic N) is 2. The van der Waals surface area contributed by atoms with Crippen molar-refractivity contribution in [2.45, 2.75) is 6.04 Å². The van der Waals surface area contributed by atoms with Crippen LogP contribution in [-0.4, -0.2) is 15.6 Å². The number of carbonyl (C=O) groups is 1. The molecule has 3 aromatic carbocycles. The Balaban J connectivity index is 1.61. The van der Waals surface area contributed by atoms with E-state index in [1.165, 1.54) is 0 Å². The molecule has 0 saturated heterocycles. The second-order valence-electron chi connectivity index (χ2n) is 6.37. The summed E-state index contributed by atoms with van der Waals surface area (Å²) >= 11 is 0. The number of imidazole rings is 1. The highest BCUT2D eigenvalue weighted by molar-refractivity contribution is 6.01. The maximum absolute atomic E-state index is 12.8. The molecule has 2 N–H and O–H groups in total. The fourth-order valence-corrected chi connectivity index (χ4v) is 3.22. The highest BCUT2D eigenvalue weighted by Gasteiger charge is 2.20. The molecule has 0 unspecified atom stereocenters. The first-order valence-corrected chi connectivity index (χ1v) is 8.80. The molecule has 5 heteroatoms. The summed E-state index contributed by atoms with van der Waals surface area (Å²) in [6.07, 6.45) is 3.60. The van der Waals surface area contributed by atoms with Gasteiger partial charge in [0, 0.05) is 24.8 Å². The molecule has 1 aromatic heterocycles. The third-order valence-electron chi connectivity index (χ3n) is 4.56. The van der Waals surface area contributed by atoms with Gasteiger partial charge in [-0.15, -0.1) is 0 Å². The van der Waals surface area contributed by atoms with Crippen LogP contribution < -0.4 is 10.6 Å². The van der Waals surface area contributed by atoms with Crippen molar-refractivity contribution < 1.29 is 4.79 Å². The van der Waals surface area contributed by atoms with E-state index in [4.69, 9.17) is 0 Å². The molecule has 4 aromatic rings. The summed E-state index contributed by atoms with van der Waals surface area (Å²) in [4.78, 5) is 17.2. The molecule has 27 heavy (non-hydrogen) atoms. The van der Waals surface area contributed by atoms with Crippen molar-refractivity contribution >= 4 is 22.5 Å². The van der Waals surface area contributed by atoms with E-state index in [0.29, 0.717) is 0 Å². The van der Waals surface area contributed by atoms with E-state index in [2.05, 4.69) is 15.6 Å². The number of aryl methyl sites for hydroxylation is 1. The fraction of sp³-hybridized carbons (Fsp3) is 0.0909. The number of anilines is 1. The minimum absolute atomic E-state index is 0.275. The van der Waals surface area contributed by atoms with Crippen LogP contribution in [-0.2, 0) is 7.05 Å². The number of urea groups is 1. The number of benzene rings is 3. The number of aromatic nitrogens is 2. The summed E-state index contributed by atoms with van der Waals surface area (Å²) in [6, 6.07) is 23.0. The Hall–Kier alpha value is -3.60. The molecule has 1 heterocycles. The summed E-state index contributed by atoms with van der Waals surface area (Å²) in [5.41, 5.74) is 1.75. The Bertz CT molecular complexity index is 1070. The lowest BCUT2D eigenvalue weighted by molar-refractivity contribution is 0.249. The van der Waals surface area contributed by atoms with Gasteiger partial charge in [0.25, 0.3) is 0 Å². The summed E-state index contributed by atoms with van der Waals surface area (Å²) in [6.45, 7) is 0. The fourth-order valence-electron chi connectivity index (χ4n) is 3.22. The second kappa shape index (κ2) is 7.33. The van der Waals surface area contributed by atoms with Crippen molar-refractivity contribution in [2.24, 2.45) is 7.05 Å². The average Bonchev–Trinajstić information content (AvgIpc) is 3.13. The van der Waals surface area contributed by atoms with Crippen LogP contribution in [0, 0.1) is 0 Å². The van der Waals surface area contributed by atoms with Gasteiger partial charge in [0.05, 0.1) is 5.69 Å². The number of rotatable bonds is 4. The Kier molecular flexibility index (Phi) is 4.58. The zero-order valence-electron chi connectivity index (χ0n) is 15.0. The summed E-state index contributed by atoms with van der Waals surface area (Å²) in [5.74, 6) is 0.772. The van der Waals surface area contributed by atoms with E-state index < -0.39 is 0 Å². The second-order valence-corrected chi connectivity index (χ2v) is 6.37. The number of nitrogens with one attached hydrogen (secondary N) is 2. The molecule has 5 nitrogen and oxygen atoms in total. The predicted octanol–water partition coefficient (Wildman–Crippen LogP) is 4.48. The number of hydrogen-bond donors (Lipinski definition) is 2. The molecule has 4 rings (SSSR count). The number of hydrogen-bond acceptors (Lipinski definition) is 2. The third kappa shape index (κ3) is 3.53. The van der Waals surface area contributed by atoms with E-state index in [9.17, 15) is 4.79 Å². The molecular weight excluding hydrogens is 336 g/mol. The highest BCUT2D eigenvalue weighted by Crippen LogP contribution is 2.24. The zero-order chi connectivity index (χ0) is 18.6. The van der Waals surface area contributed by atoms with Crippen molar-refractivity contribution in [3.8, 4) is 0 Å². The van der Waals surface area contributed by atoms with E-state index >= 15 is 0 Å². The molecule has 0 spiro atoms. The van der Waals surface area contributed by atoms with Crippen molar-refractivity contribution in [1.29, 1.82) is 0 Å². The van der Waals surface area contributed by atoms with Crippen LogP contribution in [0.5, 0.6) is 0 Å². The SMILES string of the molecule is Cn1ccnc1[C@@H](NC(=O)Nc1cccc2ccccc12)c1ccccc1. The molecule has 0 saturated carbocycles. The lowest BCUT2D eigenvalue weighted by Crippen LogP contribution is -2.34. The van der Waals surface area contributed by atoms with Crippen LogP contribution in [0.15, 0.2) is 85.2 Å². The minimum atomic E-state index is -0.346. The third-order valence-corrected chi connectivity index (χ3v) is 4.56. The molecule has 2 amide bonds. The van der Waals surface area contributed by atoms with Crippen LogP contribution in [0.1, 0.15) is 17.4 Å². The van der Waals surface area contributed by atoms with Gasteiger partial charge >= 0.3 is 6.03 Å². The maximum Gasteiger partial charge on any atom is 0.320 e. The largest absolute Gasteiger partial charge is 0.336 e. The molecular formula is C22H20N4O. The first-order valence-electron chi connectivity index (χ1n) is 8.80. The van der Waals surface area contributed by atoms with Gasteiger partial charge in [-0.1, -0.05) is 66.7 Å². The van der Waals surface area contributed by atoms with Crippen LogP contribution in [0.4, 0.5) is 10.5 Å². The number of carbonyl (C=O) groups excluding carboxylic acids is 1. The lowest BCUT2D eigenvalue weighted by Gasteiger charge is -2.20. The van der Waals surface area contributed by atoms with E-state index in [1.807, 2.05) is 90.6 Å². The van der Waals surface area contributed by atoms with Gasteiger partial charge < -0.3 is 15.2 Å². The van der Waals surface area contributed by atoms with Crippen molar-refractivity contribution in [3.63, 3.8) is 0 Å². The molecule has 134 valence electrons. The monoisotopic (exact) mass is 356 g/mol. The first-order chi connectivity index (χ1) is 13.2. The molecule has 0 aliphatic carbocycles. The molecule has 0 aliphatic heterocycles. The first kappa shape index (κ1) is 16.8. The molecule has 0 aliphatic rings. The van der Waals surface area contributed by atoms with E-state index in [-0.39, 0.29) is 12.1 Å². The highest BCUT2D eigenvalue weighted by atomic mass is 16.2. The Morgan fingerprint density at radius 3 is 2.48 bits per heavy atom. The minimum Gasteiger partial charge on any atom is -0.336 e. The van der Waals surface area contributed by atoms with E-state index in [1.54, 1.807) is 6.20 Å². The van der Waals surface area contributed by atoms with Gasteiger partial charge in [-0.05, 0) is 17.0 Å². The van der Waals surface area contributed by atoms with Gasteiger partial charge in [-0.3, -0.25) is 0 Å². The lowest BCUT2D eigenvalue weighted by atomic mass is 10.1. The normalized spacial score (nSPS) is 11.9. The molecule has 0 radical (unpaired) electrons. The van der Waals surface area contributed by atoms with Gasteiger partial charge in [0.2, 0.25) is 0 Å². The summed E-state index contributed by atoms with van der Waals surface area (Å²) in [7, 11) is 1.92. The molecule has 0 fully saturated rings. The standard InChI is InChI=1S/C22H20N4O/c1-26-15-14-23-21(26)20(17-9-3-2-4-10-17)25-22(27)24-19-13-7-11-16-8-5-6-12-18(16)19/h2-15,20H,1H3,(H2,24,25,27)/t20-/m0/s1. The van der Waals surface area contributed by atoms with Crippen LogP contribution in [0.3, 0.4) is 0 Å². The van der Waals surface area contributed by atoms with Crippen LogP contribution in [0.25, 0.3) is 10.8 Å². The topological polar surface area (TPSA) is 59.0 Å². The van der Waals surface area contributed by atoms with Gasteiger partial charge in [0.15, 0.2) is 0 Å². The molecule has 1 atom stereocenters. The van der Waals surface area contributed by atoms with Crippen LogP contribution in [0.2, 0.25) is 0 Å². The number of fused-ring (bicyclic) bond motifs is 1. The Morgan fingerprint density at radius 2 is 1.70 bits per heavy atom. The predicted molar refractivity (Wildman–Crippen MR) is 108 cm³/mol. The summed E-state index contributed by atoms with van der Waals surface area (Å²) < 4.78 is 1.91. The maximum atomic E-state index is 12.8. The zero-order valence-corrected chi connectivity index (χ0v) is 15.0. The van der Waals surface area contributed by atoms with Crippen LogP contribution >= 0.6 is 0 Å². The average molecular weight is 356 g/mol. The number of amides is 2. The van der Waals surface area contributed by atoms with Crippen molar-refractivity contribution in [3.05, 3.63) is 96.6 Å². The van der Waals surface area contributed by atoms with Crippen molar-refractivity contribution in [1.82, 2.24) is 14.9 Å². The van der Waals surface area contributed by atoms with Crippen molar-refractivity contribution in [2.75, 3.05) is 5.32 Å². The van der Waals surface area contributed by atoms with Gasteiger partial charge in [0.1, 0.15) is 11.9 Å². The summed E-state index contributed by atoms with van der Waals surface area (Å²) in [5, 5.41) is 8.12. The molecule has 0 bridgehead atoms. The smallest absolute Gasteiger partial charge is 0.320 e.